The Bertz CT molecular complexity index is 471. The van der Waals surface area contributed by atoms with Crippen molar-refractivity contribution >= 4 is 17.6 Å². The first-order valence-corrected chi connectivity index (χ1v) is 7.79. The van der Waals surface area contributed by atoms with Crippen molar-refractivity contribution < 1.29 is 5.11 Å². The molecule has 0 saturated heterocycles. The lowest BCUT2D eigenvalue weighted by atomic mass is 10.1. The number of aliphatic imine (C=N–C) groups is 1. The second-order valence-corrected chi connectivity index (χ2v) is 5.91. The lowest BCUT2D eigenvalue weighted by Gasteiger charge is -2.13. The molecule has 3 N–H and O–H groups in total. The fourth-order valence-corrected chi connectivity index (χ4v) is 2.12. The Kier molecular flexibility index (Phi) is 5.82. The van der Waals surface area contributed by atoms with Crippen molar-refractivity contribution in [2.24, 2.45) is 10.4 Å². The van der Waals surface area contributed by atoms with Crippen molar-refractivity contribution in [2.45, 2.75) is 26.2 Å². The maximum Gasteiger partial charge on any atom is 0.191 e. The Morgan fingerprint density at radius 3 is 2.81 bits per heavy atom. The zero-order valence-corrected chi connectivity index (χ0v) is 13.2. The standard InChI is InChI=1S/C15H23ClN4O/c1-2-17-14(20-10-15(11-21)6-7-15)18-8-5-12-3-4-13(16)19-9-12/h3-4,9,21H,2,5-8,10-11H2,1H3,(H2,17,18,20). The van der Waals surface area contributed by atoms with E-state index in [0.29, 0.717) is 11.7 Å². The molecule has 0 amide bonds. The van der Waals surface area contributed by atoms with Gasteiger partial charge < -0.3 is 15.7 Å². The van der Waals surface area contributed by atoms with Crippen molar-refractivity contribution in [3.05, 3.63) is 29.0 Å². The number of aliphatic hydroxyl groups is 1. The molecule has 0 atom stereocenters. The minimum Gasteiger partial charge on any atom is -0.396 e. The summed E-state index contributed by atoms with van der Waals surface area (Å²) < 4.78 is 0. The molecule has 1 aliphatic carbocycles. The highest BCUT2D eigenvalue weighted by molar-refractivity contribution is 6.29. The van der Waals surface area contributed by atoms with Crippen LogP contribution in [0.15, 0.2) is 23.3 Å². The first-order chi connectivity index (χ1) is 10.2. The lowest BCUT2D eigenvalue weighted by Crippen LogP contribution is -2.39. The highest BCUT2D eigenvalue weighted by Gasteiger charge is 2.41. The molecule has 1 fully saturated rings. The summed E-state index contributed by atoms with van der Waals surface area (Å²) in [4.78, 5) is 8.63. The van der Waals surface area contributed by atoms with Crippen LogP contribution in [0.25, 0.3) is 0 Å². The number of pyridine rings is 1. The van der Waals surface area contributed by atoms with E-state index in [2.05, 4.69) is 20.6 Å². The zero-order valence-electron chi connectivity index (χ0n) is 12.4. The van der Waals surface area contributed by atoms with Gasteiger partial charge in [-0.3, -0.25) is 4.99 Å². The third-order valence-corrected chi connectivity index (χ3v) is 3.93. The number of hydrogen-bond donors (Lipinski definition) is 3. The summed E-state index contributed by atoms with van der Waals surface area (Å²) in [7, 11) is 0. The number of halogens is 1. The van der Waals surface area contributed by atoms with Gasteiger partial charge in [-0.05, 0) is 37.8 Å². The molecule has 1 aliphatic rings. The Balaban J connectivity index is 1.79. The molecule has 1 heterocycles. The van der Waals surface area contributed by atoms with Crippen LogP contribution in [0.4, 0.5) is 0 Å². The lowest BCUT2D eigenvalue weighted by molar-refractivity contribution is 0.217. The van der Waals surface area contributed by atoms with Crippen molar-refractivity contribution in [1.29, 1.82) is 0 Å². The van der Waals surface area contributed by atoms with E-state index < -0.39 is 0 Å². The first-order valence-electron chi connectivity index (χ1n) is 7.41. The molecule has 0 bridgehead atoms. The number of aromatic nitrogens is 1. The third kappa shape index (κ3) is 5.17. The van der Waals surface area contributed by atoms with Crippen LogP contribution < -0.4 is 10.6 Å². The van der Waals surface area contributed by atoms with Crippen molar-refractivity contribution in [1.82, 2.24) is 15.6 Å². The molecule has 0 radical (unpaired) electrons. The number of nitrogens with zero attached hydrogens (tertiary/aromatic N) is 2. The SMILES string of the molecule is CCNC(=NCC1(CO)CC1)NCCc1ccc(Cl)nc1. The quantitative estimate of drug-likeness (QED) is 0.406. The largest absolute Gasteiger partial charge is 0.396 e. The number of rotatable bonds is 7. The summed E-state index contributed by atoms with van der Waals surface area (Å²) in [6.45, 7) is 4.55. The van der Waals surface area contributed by atoms with Crippen LogP contribution in [0.1, 0.15) is 25.3 Å². The fraction of sp³-hybridized carbons (Fsp3) is 0.600. The molecule has 0 aliphatic heterocycles. The topological polar surface area (TPSA) is 69.5 Å². The highest BCUT2D eigenvalue weighted by Crippen LogP contribution is 2.45. The van der Waals surface area contributed by atoms with E-state index in [1.54, 1.807) is 12.3 Å². The minimum absolute atomic E-state index is 0.0441. The van der Waals surface area contributed by atoms with Gasteiger partial charge in [0, 0.05) is 24.7 Å². The molecular formula is C15H23ClN4O. The maximum absolute atomic E-state index is 9.32. The summed E-state index contributed by atoms with van der Waals surface area (Å²) in [6, 6.07) is 3.78. The highest BCUT2D eigenvalue weighted by atomic mass is 35.5. The normalized spacial score (nSPS) is 16.6. The Labute approximate surface area is 130 Å². The Morgan fingerprint density at radius 2 is 2.24 bits per heavy atom. The molecule has 6 heteroatoms. The van der Waals surface area contributed by atoms with Gasteiger partial charge in [-0.25, -0.2) is 4.98 Å². The molecule has 0 aromatic carbocycles. The molecule has 5 nitrogen and oxygen atoms in total. The molecule has 116 valence electrons. The van der Waals surface area contributed by atoms with E-state index in [1.165, 1.54) is 0 Å². The maximum atomic E-state index is 9.32. The van der Waals surface area contributed by atoms with E-state index in [0.717, 1.165) is 43.9 Å². The van der Waals surface area contributed by atoms with Gasteiger partial charge in [0.05, 0.1) is 13.2 Å². The van der Waals surface area contributed by atoms with Gasteiger partial charge in [-0.15, -0.1) is 0 Å². The second-order valence-electron chi connectivity index (χ2n) is 5.52. The van der Waals surface area contributed by atoms with Crippen molar-refractivity contribution in [3.63, 3.8) is 0 Å². The van der Waals surface area contributed by atoms with E-state index in [4.69, 9.17) is 11.6 Å². The summed E-state index contributed by atoms with van der Waals surface area (Å²) in [5, 5.41) is 16.4. The minimum atomic E-state index is 0.0441. The zero-order chi connectivity index (χ0) is 15.1. The van der Waals surface area contributed by atoms with Crippen LogP contribution in [-0.4, -0.2) is 42.3 Å². The van der Waals surface area contributed by atoms with E-state index in [-0.39, 0.29) is 12.0 Å². The van der Waals surface area contributed by atoms with Crippen LogP contribution in [0, 0.1) is 5.41 Å². The summed E-state index contributed by atoms with van der Waals surface area (Å²) in [6.07, 6.45) is 4.80. The molecule has 1 aromatic rings. The molecule has 1 aromatic heterocycles. The fourth-order valence-electron chi connectivity index (χ4n) is 2.01. The van der Waals surface area contributed by atoms with Crippen molar-refractivity contribution in [2.75, 3.05) is 26.2 Å². The van der Waals surface area contributed by atoms with Gasteiger partial charge in [0.1, 0.15) is 5.15 Å². The van der Waals surface area contributed by atoms with E-state index in [1.807, 2.05) is 13.0 Å². The number of hydrogen-bond acceptors (Lipinski definition) is 3. The van der Waals surface area contributed by atoms with Gasteiger partial charge >= 0.3 is 0 Å². The average Bonchev–Trinajstić information content (AvgIpc) is 3.27. The van der Waals surface area contributed by atoms with Crippen molar-refractivity contribution in [3.8, 4) is 0 Å². The second kappa shape index (κ2) is 7.61. The van der Waals surface area contributed by atoms with Crippen LogP contribution >= 0.6 is 11.6 Å². The van der Waals surface area contributed by atoms with Crippen LogP contribution in [0.5, 0.6) is 0 Å². The third-order valence-electron chi connectivity index (χ3n) is 3.70. The van der Waals surface area contributed by atoms with Crippen LogP contribution in [0.2, 0.25) is 5.15 Å². The summed E-state index contributed by atoms with van der Waals surface area (Å²) >= 11 is 5.76. The van der Waals surface area contributed by atoms with Gasteiger partial charge in [0.15, 0.2) is 5.96 Å². The van der Waals surface area contributed by atoms with Gasteiger partial charge in [0.2, 0.25) is 0 Å². The molecule has 21 heavy (non-hydrogen) atoms. The van der Waals surface area contributed by atoms with Crippen LogP contribution in [0.3, 0.4) is 0 Å². The number of nitrogens with one attached hydrogen (secondary N) is 2. The van der Waals surface area contributed by atoms with Gasteiger partial charge in [0.25, 0.3) is 0 Å². The molecule has 2 rings (SSSR count). The molecule has 1 saturated carbocycles. The van der Waals surface area contributed by atoms with E-state index in [9.17, 15) is 5.11 Å². The predicted molar refractivity (Wildman–Crippen MR) is 85.7 cm³/mol. The number of guanidine groups is 1. The average molecular weight is 311 g/mol. The van der Waals surface area contributed by atoms with Crippen LogP contribution in [-0.2, 0) is 6.42 Å². The first kappa shape index (κ1) is 16.0. The Hall–Kier alpha value is -1.33. The predicted octanol–water partition coefficient (Wildman–Crippen LogP) is 1.61. The smallest absolute Gasteiger partial charge is 0.191 e. The monoisotopic (exact) mass is 310 g/mol. The molecule has 0 spiro atoms. The molecular weight excluding hydrogens is 288 g/mol. The summed E-state index contributed by atoms with van der Waals surface area (Å²) in [5.41, 5.74) is 1.18. The summed E-state index contributed by atoms with van der Waals surface area (Å²) in [5.74, 6) is 0.805. The molecule has 0 unspecified atom stereocenters. The van der Waals surface area contributed by atoms with Gasteiger partial charge in [-0.1, -0.05) is 17.7 Å². The van der Waals surface area contributed by atoms with Gasteiger partial charge in [-0.2, -0.15) is 0 Å². The number of aliphatic hydroxyl groups excluding tert-OH is 1. The Morgan fingerprint density at radius 1 is 1.43 bits per heavy atom. The van der Waals surface area contributed by atoms with E-state index >= 15 is 0 Å².